The topological polar surface area (TPSA) is 51.4 Å². The molecule has 0 aliphatic carbocycles. The van der Waals surface area contributed by atoms with Gasteiger partial charge in [-0.25, -0.2) is 0 Å². The molecule has 2 N–H and O–H groups in total. The van der Waals surface area contributed by atoms with Crippen LogP contribution >= 0.6 is 0 Å². The van der Waals surface area contributed by atoms with Crippen LogP contribution < -0.4 is 10.6 Å². The summed E-state index contributed by atoms with van der Waals surface area (Å²) in [5, 5.41) is 0. The summed E-state index contributed by atoms with van der Waals surface area (Å²) in [6, 6.07) is 4.02. The second kappa shape index (κ2) is 5.98. The zero-order valence-electron chi connectivity index (χ0n) is 10.4. The Hall–Kier alpha value is -1.13. The molecular formula is C13H21N3O. The van der Waals surface area contributed by atoms with Crippen LogP contribution in [0.2, 0.25) is 0 Å². The number of aromatic nitrogens is 1. The van der Waals surface area contributed by atoms with Crippen molar-refractivity contribution in [3.63, 3.8) is 0 Å². The normalized spacial score (nSPS) is 20.2. The summed E-state index contributed by atoms with van der Waals surface area (Å²) in [5.41, 5.74) is 7.77. The Morgan fingerprint density at radius 1 is 1.53 bits per heavy atom. The van der Waals surface area contributed by atoms with Crippen molar-refractivity contribution in [1.82, 2.24) is 4.98 Å². The maximum absolute atomic E-state index is 5.75. The van der Waals surface area contributed by atoms with Gasteiger partial charge in [0.15, 0.2) is 0 Å². The molecule has 4 heteroatoms. The van der Waals surface area contributed by atoms with Gasteiger partial charge in [0.1, 0.15) is 0 Å². The maximum Gasteiger partial charge on any atom is 0.0772 e. The van der Waals surface area contributed by atoms with E-state index in [0.717, 1.165) is 31.0 Å². The lowest BCUT2D eigenvalue weighted by Crippen LogP contribution is -2.34. The van der Waals surface area contributed by atoms with Gasteiger partial charge in [0.05, 0.1) is 17.5 Å². The molecule has 0 amide bonds. The van der Waals surface area contributed by atoms with Gasteiger partial charge < -0.3 is 15.4 Å². The number of ether oxygens (including phenoxy) is 1. The van der Waals surface area contributed by atoms with E-state index in [4.69, 9.17) is 10.5 Å². The third-order valence-electron chi connectivity index (χ3n) is 3.22. The van der Waals surface area contributed by atoms with Crippen LogP contribution in [0, 0.1) is 0 Å². The number of nitrogens with zero attached hydrogens (tertiary/aromatic N) is 2. The average molecular weight is 235 g/mol. The molecule has 0 aromatic carbocycles. The van der Waals surface area contributed by atoms with Crippen molar-refractivity contribution in [2.24, 2.45) is 5.73 Å². The first-order valence-electron chi connectivity index (χ1n) is 6.28. The molecule has 1 fully saturated rings. The number of likely N-dealkylation sites (N-methyl/N-ethyl adjacent to an activating group) is 1. The number of nitrogens with two attached hydrogens (primary N) is 1. The van der Waals surface area contributed by atoms with E-state index in [1.165, 1.54) is 12.8 Å². The van der Waals surface area contributed by atoms with E-state index in [1.807, 2.05) is 6.07 Å². The van der Waals surface area contributed by atoms with Crippen molar-refractivity contribution in [2.75, 3.05) is 25.1 Å². The summed E-state index contributed by atoms with van der Waals surface area (Å²) < 4.78 is 5.75. The molecule has 2 heterocycles. The first-order chi connectivity index (χ1) is 8.31. The number of pyridine rings is 1. The lowest BCUT2D eigenvalue weighted by atomic mass is 10.1. The minimum absolute atomic E-state index is 0.347. The fourth-order valence-corrected chi connectivity index (χ4v) is 2.29. The first-order valence-corrected chi connectivity index (χ1v) is 6.28. The van der Waals surface area contributed by atoms with E-state index in [9.17, 15) is 0 Å². The predicted octanol–water partition coefficient (Wildman–Crippen LogP) is 1.55. The van der Waals surface area contributed by atoms with Gasteiger partial charge in [-0.3, -0.25) is 4.98 Å². The monoisotopic (exact) mass is 235 g/mol. The van der Waals surface area contributed by atoms with Crippen LogP contribution in [0.4, 0.5) is 5.69 Å². The summed E-state index contributed by atoms with van der Waals surface area (Å²) in [6.45, 7) is 2.29. The molecule has 0 saturated carbocycles. The maximum atomic E-state index is 5.75. The molecule has 1 saturated heterocycles. The molecule has 4 nitrogen and oxygen atoms in total. The molecule has 1 unspecified atom stereocenters. The molecule has 1 atom stereocenters. The van der Waals surface area contributed by atoms with Gasteiger partial charge in [0.25, 0.3) is 0 Å². The van der Waals surface area contributed by atoms with Gasteiger partial charge in [0, 0.05) is 32.9 Å². The van der Waals surface area contributed by atoms with Gasteiger partial charge in [-0.2, -0.15) is 0 Å². The van der Waals surface area contributed by atoms with Crippen molar-refractivity contribution < 1.29 is 4.74 Å². The Balaban J connectivity index is 2.00. The minimum Gasteiger partial charge on any atom is -0.376 e. The molecule has 1 aliphatic heterocycles. The van der Waals surface area contributed by atoms with Gasteiger partial charge in [-0.05, 0) is 31.4 Å². The second-order valence-corrected chi connectivity index (χ2v) is 4.54. The van der Waals surface area contributed by atoms with Crippen molar-refractivity contribution in [3.8, 4) is 0 Å². The Bertz CT molecular complexity index is 350. The molecule has 94 valence electrons. The van der Waals surface area contributed by atoms with E-state index in [2.05, 4.69) is 23.0 Å². The lowest BCUT2D eigenvalue weighted by molar-refractivity contribution is 0.0216. The van der Waals surface area contributed by atoms with Crippen LogP contribution in [0.3, 0.4) is 0 Å². The van der Waals surface area contributed by atoms with Crippen LogP contribution in [0.1, 0.15) is 25.0 Å². The summed E-state index contributed by atoms with van der Waals surface area (Å²) in [4.78, 5) is 6.50. The first kappa shape index (κ1) is 12.3. The highest BCUT2D eigenvalue weighted by Crippen LogP contribution is 2.19. The highest BCUT2D eigenvalue weighted by atomic mass is 16.5. The molecule has 1 aromatic rings. The van der Waals surface area contributed by atoms with Crippen molar-refractivity contribution in [1.29, 1.82) is 0 Å². The van der Waals surface area contributed by atoms with Gasteiger partial charge >= 0.3 is 0 Å². The fourth-order valence-electron chi connectivity index (χ4n) is 2.29. The highest BCUT2D eigenvalue weighted by molar-refractivity contribution is 5.49. The van der Waals surface area contributed by atoms with E-state index in [-0.39, 0.29) is 0 Å². The summed E-state index contributed by atoms with van der Waals surface area (Å²) >= 11 is 0. The van der Waals surface area contributed by atoms with Crippen LogP contribution in [0.5, 0.6) is 0 Å². The smallest absolute Gasteiger partial charge is 0.0772 e. The van der Waals surface area contributed by atoms with Crippen LogP contribution in [0.25, 0.3) is 0 Å². The molecular weight excluding hydrogens is 214 g/mol. The summed E-state index contributed by atoms with van der Waals surface area (Å²) in [5.74, 6) is 0. The standard InChI is InChI=1S/C13H21N3O/c1-16(10-11-5-2-3-8-17-11)13-6-4-7-15-12(13)9-14/h4,6-7,11H,2-3,5,8-10,14H2,1H3. The Morgan fingerprint density at radius 3 is 3.12 bits per heavy atom. The zero-order chi connectivity index (χ0) is 12.1. The summed E-state index contributed by atoms with van der Waals surface area (Å²) in [7, 11) is 2.08. The van der Waals surface area contributed by atoms with E-state index >= 15 is 0 Å². The molecule has 1 aliphatic rings. The van der Waals surface area contributed by atoms with Gasteiger partial charge in [-0.15, -0.1) is 0 Å². The molecule has 0 spiro atoms. The number of hydrogen-bond donors (Lipinski definition) is 1. The average Bonchev–Trinajstić information content (AvgIpc) is 2.40. The largest absolute Gasteiger partial charge is 0.376 e. The highest BCUT2D eigenvalue weighted by Gasteiger charge is 2.17. The van der Waals surface area contributed by atoms with Crippen molar-refractivity contribution >= 4 is 5.69 Å². The fraction of sp³-hybridized carbons (Fsp3) is 0.615. The molecule has 1 aromatic heterocycles. The van der Waals surface area contributed by atoms with E-state index in [0.29, 0.717) is 12.6 Å². The van der Waals surface area contributed by atoms with Gasteiger partial charge in [0.2, 0.25) is 0 Å². The van der Waals surface area contributed by atoms with Crippen LogP contribution in [-0.2, 0) is 11.3 Å². The third kappa shape index (κ3) is 3.17. The summed E-state index contributed by atoms with van der Waals surface area (Å²) in [6.07, 6.45) is 5.76. The number of anilines is 1. The zero-order valence-corrected chi connectivity index (χ0v) is 10.4. The Kier molecular flexibility index (Phi) is 4.34. The number of hydrogen-bond acceptors (Lipinski definition) is 4. The quantitative estimate of drug-likeness (QED) is 0.860. The minimum atomic E-state index is 0.347. The predicted molar refractivity (Wildman–Crippen MR) is 69.0 cm³/mol. The lowest BCUT2D eigenvalue weighted by Gasteiger charge is -2.29. The number of rotatable bonds is 4. The molecule has 17 heavy (non-hydrogen) atoms. The van der Waals surface area contributed by atoms with Gasteiger partial charge in [-0.1, -0.05) is 0 Å². The Morgan fingerprint density at radius 2 is 2.41 bits per heavy atom. The molecule has 0 radical (unpaired) electrons. The van der Waals surface area contributed by atoms with E-state index < -0.39 is 0 Å². The van der Waals surface area contributed by atoms with Crippen molar-refractivity contribution in [2.45, 2.75) is 31.9 Å². The van der Waals surface area contributed by atoms with Crippen LogP contribution in [0.15, 0.2) is 18.3 Å². The van der Waals surface area contributed by atoms with E-state index in [1.54, 1.807) is 6.20 Å². The second-order valence-electron chi connectivity index (χ2n) is 4.54. The molecule has 2 rings (SSSR count). The van der Waals surface area contributed by atoms with Crippen LogP contribution in [-0.4, -0.2) is 31.3 Å². The third-order valence-corrected chi connectivity index (χ3v) is 3.22. The Labute approximate surface area is 103 Å². The van der Waals surface area contributed by atoms with Crippen molar-refractivity contribution in [3.05, 3.63) is 24.0 Å². The SMILES string of the molecule is CN(CC1CCCCO1)c1cccnc1CN. The molecule has 0 bridgehead atoms.